The molecule has 29 heavy (non-hydrogen) atoms. The van der Waals surface area contributed by atoms with E-state index in [1.54, 1.807) is 42.6 Å². The Bertz CT molecular complexity index is 1180. The van der Waals surface area contributed by atoms with Crippen LogP contribution in [0.15, 0.2) is 72.9 Å². The van der Waals surface area contributed by atoms with Crippen LogP contribution in [0, 0.1) is 5.82 Å². The highest BCUT2D eigenvalue weighted by atomic mass is 35.5. The third kappa shape index (κ3) is 4.50. The summed E-state index contributed by atoms with van der Waals surface area (Å²) in [6.45, 7) is 0.278. The lowest BCUT2D eigenvalue weighted by Crippen LogP contribution is -2.23. The van der Waals surface area contributed by atoms with Crippen molar-refractivity contribution in [3.05, 3.63) is 95.0 Å². The smallest absolute Gasteiger partial charge is 0.252 e. The van der Waals surface area contributed by atoms with Gasteiger partial charge in [-0.2, -0.15) is 0 Å². The maximum atomic E-state index is 13.2. The van der Waals surface area contributed by atoms with Gasteiger partial charge in [-0.15, -0.1) is 0 Å². The number of hydrogen-bond donors (Lipinski definition) is 1. The van der Waals surface area contributed by atoms with Gasteiger partial charge in [0.1, 0.15) is 16.7 Å². The van der Waals surface area contributed by atoms with E-state index in [0.717, 1.165) is 10.9 Å². The van der Waals surface area contributed by atoms with Gasteiger partial charge in [0.15, 0.2) is 0 Å². The number of benzene rings is 2. The first kappa shape index (κ1) is 18.8. The van der Waals surface area contributed by atoms with Crippen molar-refractivity contribution in [3.8, 4) is 11.6 Å². The number of fused-ring (bicyclic) bond motifs is 1. The third-order valence-electron chi connectivity index (χ3n) is 4.20. The second-order valence-corrected chi connectivity index (χ2v) is 6.64. The molecule has 4 aromatic rings. The van der Waals surface area contributed by atoms with Gasteiger partial charge in [0.05, 0.1) is 11.1 Å². The minimum absolute atomic E-state index is 0.259. The third-order valence-corrected chi connectivity index (χ3v) is 4.39. The molecule has 0 fully saturated rings. The fourth-order valence-corrected chi connectivity index (χ4v) is 3.04. The lowest BCUT2D eigenvalue weighted by atomic mass is 10.1. The molecule has 0 aliphatic rings. The van der Waals surface area contributed by atoms with Crippen LogP contribution in [0.5, 0.6) is 11.6 Å². The van der Waals surface area contributed by atoms with Crippen molar-refractivity contribution in [1.82, 2.24) is 15.3 Å². The van der Waals surface area contributed by atoms with Crippen LogP contribution in [0.1, 0.15) is 15.9 Å². The number of nitrogens with one attached hydrogen (secondary N) is 1. The van der Waals surface area contributed by atoms with Gasteiger partial charge < -0.3 is 10.1 Å². The van der Waals surface area contributed by atoms with Gasteiger partial charge in [0, 0.05) is 30.3 Å². The summed E-state index contributed by atoms with van der Waals surface area (Å²) >= 11 is 6.04. The van der Waals surface area contributed by atoms with Gasteiger partial charge in [-0.3, -0.25) is 4.79 Å². The fourth-order valence-electron chi connectivity index (χ4n) is 2.84. The molecule has 0 spiro atoms. The quantitative estimate of drug-likeness (QED) is 0.465. The first-order chi connectivity index (χ1) is 14.1. The molecule has 4 rings (SSSR count). The number of rotatable bonds is 5. The van der Waals surface area contributed by atoms with E-state index in [0.29, 0.717) is 22.7 Å². The molecule has 0 aliphatic carbocycles. The topological polar surface area (TPSA) is 64.1 Å². The highest BCUT2D eigenvalue weighted by Crippen LogP contribution is 2.22. The molecule has 0 bridgehead atoms. The highest BCUT2D eigenvalue weighted by Gasteiger charge is 2.12. The van der Waals surface area contributed by atoms with E-state index < -0.39 is 0 Å². The Morgan fingerprint density at radius 1 is 1.07 bits per heavy atom. The second kappa shape index (κ2) is 8.24. The molecular weight excluding hydrogens is 393 g/mol. The Labute approximate surface area is 171 Å². The Morgan fingerprint density at radius 3 is 2.72 bits per heavy atom. The second-order valence-electron chi connectivity index (χ2n) is 6.26. The van der Waals surface area contributed by atoms with Crippen LogP contribution in [0.3, 0.4) is 0 Å². The molecule has 0 radical (unpaired) electrons. The summed E-state index contributed by atoms with van der Waals surface area (Å²) in [5.74, 6) is 0.0498. The van der Waals surface area contributed by atoms with Crippen molar-refractivity contribution < 1.29 is 13.9 Å². The van der Waals surface area contributed by atoms with Gasteiger partial charge in [-0.1, -0.05) is 41.9 Å². The van der Waals surface area contributed by atoms with E-state index >= 15 is 0 Å². The van der Waals surface area contributed by atoms with Gasteiger partial charge >= 0.3 is 0 Å². The first-order valence-electron chi connectivity index (χ1n) is 8.80. The van der Waals surface area contributed by atoms with E-state index in [9.17, 15) is 9.18 Å². The summed E-state index contributed by atoms with van der Waals surface area (Å²) in [5, 5.41) is 3.84. The molecule has 144 valence electrons. The average Bonchev–Trinajstić information content (AvgIpc) is 2.72. The maximum absolute atomic E-state index is 13.2. The van der Waals surface area contributed by atoms with Crippen molar-refractivity contribution >= 4 is 28.4 Å². The molecule has 2 aromatic heterocycles. The number of aromatic nitrogens is 2. The Morgan fingerprint density at radius 2 is 1.93 bits per heavy atom. The lowest BCUT2D eigenvalue weighted by Gasteiger charge is -2.09. The zero-order chi connectivity index (χ0) is 20.2. The number of hydrogen-bond acceptors (Lipinski definition) is 4. The van der Waals surface area contributed by atoms with E-state index in [1.165, 1.54) is 12.1 Å². The number of ether oxygens (including phenoxy) is 1. The number of para-hydroxylation sites is 1. The minimum Gasteiger partial charge on any atom is -0.439 e. The van der Waals surface area contributed by atoms with E-state index in [4.69, 9.17) is 16.3 Å². The molecule has 5 nitrogen and oxygen atoms in total. The van der Waals surface area contributed by atoms with Crippen LogP contribution in [-0.2, 0) is 6.54 Å². The van der Waals surface area contributed by atoms with Gasteiger partial charge in [-0.25, -0.2) is 14.4 Å². The average molecular weight is 408 g/mol. The predicted molar refractivity (Wildman–Crippen MR) is 109 cm³/mol. The summed E-state index contributed by atoms with van der Waals surface area (Å²) in [4.78, 5) is 21.1. The van der Waals surface area contributed by atoms with E-state index in [2.05, 4.69) is 15.3 Å². The van der Waals surface area contributed by atoms with E-state index in [1.807, 2.05) is 18.2 Å². The maximum Gasteiger partial charge on any atom is 0.252 e. The molecule has 1 amide bonds. The normalized spacial score (nSPS) is 10.7. The van der Waals surface area contributed by atoms with Crippen LogP contribution in [-0.4, -0.2) is 15.9 Å². The van der Waals surface area contributed by atoms with Crippen molar-refractivity contribution in [2.24, 2.45) is 0 Å². The highest BCUT2D eigenvalue weighted by molar-refractivity contribution is 6.30. The monoisotopic (exact) mass is 407 g/mol. The van der Waals surface area contributed by atoms with Crippen molar-refractivity contribution in [3.63, 3.8) is 0 Å². The molecular formula is C22H15ClFN3O2. The number of nitrogens with zero attached hydrogens (tertiary/aromatic N) is 2. The van der Waals surface area contributed by atoms with Gasteiger partial charge in [0.2, 0.25) is 5.88 Å². The van der Waals surface area contributed by atoms with Gasteiger partial charge in [-0.05, 0) is 29.8 Å². The molecule has 0 unspecified atom stereocenters. The Balaban J connectivity index is 1.43. The standard InChI is InChI=1S/C22H15ClFN3O2/c23-20-11-18(17-6-1-2-7-19(17)27-20)22(28)26-13-14-8-9-21(25-12-14)29-16-5-3-4-15(24)10-16/h1-12H,13H2,(H,26,28). The first-order valence-corrected chi connectivity index (χ1v) is 9.18. The summed E-state index contributed by atoms with van der Waals surface area (Å²) in [6, 6.07) is 18.1. The largest absolute Gasteiger partial charge is 0.439 e. The predicted octanol–water partition coefficient (Wildman–Crippen LogP) is 5.14. The van der Waals surface area contributed by atoms with Crippen LogP contribution >= 0.6 is 11.6 Å². The summed E-state index contributed by atoms with van der Waals surface area (Å²) in [6.07, 6.45) is 1.59. The Kier molecular flexibility index (Phi) is 5.35. The molecule has 0 aliphatic heterocycles. The number of carbonyl (C=O) groups is 1. The molecule has 0 saturated heterocycles. The summed E-state index contributed by atoms with van der Waals surface area (Å²) in [7, 11) is 0. The molecule has 1 N–H and O–H groups in total. The van der Waals surface area contributed by atoms with Gasteiger partial charge in [0.25, 0.3) is 5.91 Å². The van der Waals surface area contributed by atoms with Crippen molar-refractivity contribution in [2.45, 2.75) is 6.54 Å². The number of carbonyl (C=O) groups excluding carboxylic acids is 1. The van der Waals surface area contributed by atoms with Crippen LogP contribution < -0.4 is 10.1 Å². The number of halogens is 2. The molecule has 0 atom stereocenters. The molecule has 2 heterocycles. The lowest BCUT2D eigenvalue weighted by molar-refractivity contribution is 0.0952. The van der Waals surface area contributed by atoms with Crippen molar-refractivity contribution in [2.75, 3.05) is 0 Å². The summed E-state index contributed by atoms with van der Waals surface area (Å²) in [5.41, 5.74) is 1.90. The summed E-state index contributed by atoms with van der Waals surface area (Å²) < 4.78 is 18.7. The van der Waals surface area contributed by atoms with Crippen molar-refractivity contribution in [1.29, 1.82) is 0 Å². The fraction of sp³-hybridized carbons (Fsp3) is 0.0455. The molecule has 0 saturated carbocycles. The zero-order valence-electron chi connectivity index (χ0n) is 15.1. The van der Waals surface area contributed by atoms with Crippen LogP contribution in [0.25, 0.3) is 10.9 Å². The van der Waals surface area contributed by atoms with Crippen LogP contribution in [0.2, 0.25) is 5.15 Å². The zero-order valence-corrected chi connectivity index (χ0v) is 15.9. The SMILES string of the molecule is O=C(NCc1ccc(Oc2cccc(F)c2)nc1)c1cc(Cl)nc2ccccc12. The van der Waals surface area contributed by atoms with E-state index in [-0.39, 0.29) is 23.4 Å². The minimum atomic E-state index is -0.384. The van der Waals surface area contributed by atoms with Crippen LogP contribution in [0.4, 0.5) is 4.39 Å². The Hall–Kier alpha value is -3.51. The number of pyridine rings is 2. The molecule has 2 aromatic carbocycles. The number of amides is 1. The molecule has 7 heteroatoms.